The largest absolute Gasteiger partial charge is 0.481 e. The Morgan fingerprint density at radius 3 is 2.63 bits per heavy atom. The molecule has 0 aliphatic rings. The highest BCUT2D eigenvalue weighted by Gasteiger charge is 2.32. The van der Waals surface area contributed by atoms with Crippen LogP contribution >= 0.6 is 23.2 Å². The van der Waals surface area contributed by atoms with Crippen LogP contribution < -0.4 is 0 Å². The van der Waals surface area contributed by atoms with Crippen molar-refractivity contribution in [2.75, 3.05) is 0 Å². The molecule has 0 radical (unpaired) electrons. The Kier molecular flexibility index (Phi) is 5.41. The first-order chi connectivity index (χ1) is 8.95. The van der Waals surface area contributed by atoms with Gasteiger partial charge in [0.2, 0.25) is 0 Å². The Balaban J connectivity index is 3.21. The van der Waals surface area contributed by atoms with E-state index in [1.807, 2.05) is 0 Å². The maximum absolute atomic E-state index is 10.7. The Morgan fingerprint density at radius 1 is 1.47 bits per heavy atom. The molecule has 1 rings (SSSR count). The van der Waals surface area contributed by atoms with E-state index in [1.54, 1.807) is 24.3 Å². The summed E-state index contributed by atoms with van der Waals surface area (Å²) in [7, 11) is 0. The van der Waals surface area contributed by atoms with Crippen molar-refractivity contribution >= 4 is 29.2 Å². The Labute approximate surface area is 122 Å². The molecule has 0 unspecified atom stereocenters. The molecule has 0 aliphatic heterocycles. The van der Waals surface area contributed by atoms with Gasteiger partial charge in [-0.25, -0.2) is 0 Å². The third-order valence-electron chi connectivity index (χ3n) is 2.94. The van der Waals surface area contributed by atoms with Crippen LogP contribution in [0.3, 0.4) is 0 Å². The molecule has 0 saturated carbocycles. The summed E-state index contributed by atoms with van der Waals surface area (Å²) in [5, 5.41) is 19.0. The number of nitrogens with zero attached hydrogens (tertiary/aromatic N) is 1. The second-order valence-corrected chi connectivity index (χ2v) is 5.02. The number of hydrogen-bond donors (Lipinski definition) is 1. The molecule has 1 aromatic carbocycles. The number of rotatable bonds is 6. The summed E-state index contributed by atoms with van der Waals surface area (Å²) in [6, 6.07) is 7.11. The zero-order valence-corrected chi connectivity index (χ0v) is 11.7. The van der Waals surface area contributed by atoms with Crippen molar-refractivity contribution in [3.05, 3.63) is 46.5 Å². The van der Waals surface area contributed by atoms with E-state index < -0.39 is 11.4 Å². The van der Waals surface area contributed by atoms with Gasteiger partial charge in [0.25, 0.3) is 0 Å². The molecule has 0 aliphatic carbocycles. The van der Waals surface area contributed by atoms with Crippen molar-refractivity contribution in [1.82, 2.24) is 0 Å². The minimum Gasteiger partial charge on any atom is -0.481 e. The molecular weight excluding hydrogens is 285 g/mol. The van der Waals surface area contributed by atoms with E-state index in [-0.39, 0.29) is 12.8 Å². The van der Waals surface area contributed by atoms with Gasteiger partial charge in [-0.1, -0.05) is 35.3 Å². The second-order valence-electron chi connectivity index (χ2n) is 4.21. The lowest BCUT2D eigenvalue weighted by atomic mass is 9.75. The smallest absolute Gasteiger partial charge is 0.303 e. The molecule has 0 heterocycles. The van der Waals surface area contributed by atoms with Gasteiger partial charge < -0.3 is 5.11 Å². The summed E-state index contributed by atoms with van der Waals surface area (Å²) >= 11 is 11.8. The van der Waals surface area contributed by atoms with Gasteiger partial charge in [0.1, 0.15) is 0 Å². The highest BCUT2D eigenvalue weighted by atomic mass is 35.5. The van der Waals surface area contributed by atoms with Crippen molar-refractivity contribution in [1.29, 1.82) is 5.26 Å². The van der Waals surface area contributed by atoms with E-state index in [2.05, 4.69) is 12.6 Å². The fraction of sp³-hybridized carbons (Fsp3) is 0.286. The number of carbonyl (C=O) groups is 1. The molecule has 1 N–H and O–H groups in total. The normalized spacial score (nSPS) is 13.3. The molecule has 0 aromatic heterocycles. The second kappa shape index (κ2) is 6.60. The SMILES string of the molecule is C=CC[C@](C#N)(CCC(=O)O)c1ccc(Cl)c(Cl)c1. The van der Waals surface area contributed by atoms with Crippen molar-refractivity contribution < 1.29 is 9.90 Å². The van der Waals surface area contributed by atoms with Gasteiger partial charge in [-0.2, -0.15) is 5.26 Å². The maximum atomic E-state index is 10.7. The summed E-state index contributed by atoms with van der Waals surface area (Å²) in [6.45, 7) is 3.63. The zero-order valence-electron chi connectivity index (χ0n) is 10.2. The Morgan fingerprint density at radius 2 is 2.16 bits per heavy atom. The van der Waals surface area contributed by atoms with Crippen LogP contribution in [-0.4, -0.2) is 11.1 Å². The highest BCUT2D eigenvalue weighted by Crippen LogP contribution is 2.36. The van der Waals surface area contributed by atoms with E-state index in [9.17, 15) is 10.1 Å². The van der Waals surface area contributed by atoms with Crippen LogP contribution in [-0.2, 0) is 10.2 Å². The monoisotopic (exact) mass is 297 g/mol. The molecule has 0 fully saturated rings. The molecule has 0 saturated heterocycles. The first-order valence-electron chi connectivity index (χ1n) is 5.64. The van der Waals surface area contributed by atoms with Crippen molar-refractivity contribution in [3.8, 4) is 6.07 Å². The quantitative estimate of drug-likeness (QED) is 0.801. The lowest BCUT2D eigenvalue weighted by Crippen LogP contribution is -2.24. The average molecular weight is 298 g/mol. The van der Waals surface area contributed by atoms with E-state index >= 15 is 0 Å². The standard InChI is InChI=1S/C14H13Cl2NO2/c1-2-6-14(9-17,7-5-13(18)19)10-3-4-11(15)12(16)8-10/h2-4,8H,1,5-7H2,(H,18,19)/t14-/m1/s1. The summed E-state index contributed by atoms with van der Waals surface area (Å²) < 4.78 is 0. The van der Waals surface area contributed by atoms with Gasteiger partial charge in [-0.3, -0.25) is 4.79 Å². The van der Waals surface area contributed by atoms with Crippen LogP contribution in [0.4, 0.5) is 0 Å². The Hall–Kier alpha value is -1.50. The number of carboxylic acid groups (broad SMARTS) is 1. The number of carboxylic acids is 1. The molecular formula is C14H13Cl2NO2. The van der Waals surface area contributed by atoms with E-state index in [0.717, 1.165) is 0 Å². The van der Waals surface area contributed by atoms with E-state index in [1.165, 1.54) is 0 Å². The topological polar surface area (TPSA) is 61.1 Å². The molecule has 5 heteroatoms. The summed E-state index contributed by atoms with van der Waals surface area (Å²) in [4.78, 5) is 10.7. The molecule has 1 atom stereocenters. The van der Waals surface area contributed by atoms with Gasteiger partial charge in [-0.15, -0.1) is 6.58 Å². The van der Waals surface area contributed by atoms with E-state index in [4.69, 9.17) is 28.3 Å². The number of halogens is 2. The average Bonchev–Trinajstić information content (AvgIpc) is 2.38. The van der Waals surface area contributed by atoms with Crippen LogP contribution in [0.5, 0.6) is 0 Å². The number of nitriles is 1. The van der Waals surface area contributed by atoms with Crippen LogP contribution in [0.15, 0.2) is 30.9 Å². The predicted molar refractivity (Wildman–Crippen MR) is 75.4 cm³/mol. The van der Waals surface area contributed by atoms with Gasteiger partial charge in [0.05, 0.1) is 21.5 Å². The number of allylic oxidation sites excluding steroid dienone is 1. The summed E-state index contributed by atoms with van der Waals surface area (Å²) in [5.74, 6) is -0.941. The maximum Gasteiger partial charge on any atom is 0.303 e. The predicted octanol–water partition coefficient (Wildman–Crippen LogP) is 4.20. The Bertz CT molecular complexity index is 537. The number of aliphatic carboxylic acids is 1. The third kappa shape index (κ3) is 3.73. The van der Waals surface area contributed by atoms with Gasteiger partial charge >= 0.3 is 5.97 Å². The van der Waals surface area contributed by atoms with Gasteiger partial charge in [-0.05, 0) is 30.5 Å². The fourth-order valence-corrected chi connectivity index (χ4v) is 2.19. The molecule has 1 aromatic rings. The third-order valence-corrected chi connectivity index (χ3v) is 3.68. The lowest BCUT2D eigenvalue weighted by molar-refractivity contribution is -0.137. The van der Waals surface area contributed by atoms with Gasteiger partial charge in [0.15, 0.2) is 0 Å². The highest BCUT2D eigenvalue weighted by molar-refractivity contribution is 6.42. The van der Waals surface area contributed by atoms with Crippen LogP contribution in [0.25, 0.3) is 0 Å². The summed E-state index contributed by atoms with van der Waals surface area (Å²) in [6.07, 6.45) is 2.06. The van der Waals surface area contributed by atoms with E-state index in [0.29, 0.717) is 22.0 Å². The number of hydrogen-bond acceptors (Lipinski definition) is 2. The first kappa shape index (κ1) is 15.6. The fourth-order valence-electron chi connectivity index (χ4n) is 1.89. The molecule has 0 spiro atoms. The van der Waals surface area contributed by atoms with Gasteiger partial charge in [0, 0.05) is 6.42 Å². The van der Waals surface area contributed by atoms with Crippen LogP contribution in [0.1, 0.15) is 24.8 Å². The molecule has 19 heavy (non-hydrogen) atoms. The minimum absolute atomic E-state index is 0.0956. The lowest BCUT2D eigenvalue weighted by Gasteiger charge is -2.25. The van der Waals surface area contributed by atoms with Crippen LogP contribution in [0, 0.1) is 11.3 Å². The number of benzene rings is 1. The first-order valence-corrected chi connectivity index (χ1v) is 6.40. The van der Waals surface area contributed by atoms with Crippen molar-refractivity contribution in [3.63, 3.8) is 0 Å². The molecule has 100 valence electrons. The zero-order chi connectivity index (χ0) is 14.5. The van der Waals surface area contributed by atoms with Crippen molar-refractivity contribution in [2.24, 2.45) is 0 Å². The molecule has 3 nitrogen and oxygen atoms in total. The molecule has 0 bridgehead atoms. The van der Waals surface area contributed by atoms with Crippen LogP contribution in [0.2, 0.25) is 10.0 Å². The minimum atomic E-state index is -0.941. The summed E-state index contributed by atoms with van der Waals surface area (Å²) in [5.41, 5.74) is -0.278. The van der Waals surface area contributed by atoms with Crippen molar-refractivity contribution in [2.45, 2.75) is 24.7 Å². The molecule has 0 amide bonds.